The number of aromatic amines is 1. The molecule has 1 heterocycles. The van der Waals surface area contributed by atoms with Crippen LogP contribution in [0.25, 0.3) is 0 Å². The molecule has 0 aliphatic heterocycles. The minimum absolute atomic E-state index is 0.160. The fraction of sp³-hybridized carbons (Fsp3) is 0.769. The summed E-state index contributed by atoms with van der Waals surface area (Å²) in [4.78, 5) is 16.0. The SMILES string of the molecule is CCCc1nc(C(=O)NC(C)CCC(C)C)n[nH]1. The van der Waals surface area contributed by atoms with Gasteiger partial charge in [0.2, 0.25) is 5.82 Å². The fourth-order valence-electron chi connectivity index (χ4n) is 1.69. The molecule has 1 aromatic heterocycles. The lowest BCUT2D eigenvalue weighted by atomic mass is 10.0. The van der Waals surface area contributed by atoms with Crippen molar-refractivity contribution in [3.05, 3.63) is 11.6 Å². The average molecular weight is 252 g/mol. The molecular weight excluding hydrogens is 228 g/mol. The van der Waals surface area contributed by atoms with Crippen molar-refractivity contribution in [1.82, 2.24) is 20.5 Å². The molecule has 0 saturated carbocycles. The lowest BCUT2D eigenvalue weighted by Crippen LogP contribution is -2.33. The topological polar surface area (TPSA) is 70.7 Å². The van der Waals surface area contributed by atoms with Gasteiger partial charge in [0.1, 0.15) is 5.82 Å². The maximum absolute atomic E-state index is 11.9. The van der Waals surface area contributed by atoms with Gasteiger partial charge in [0.15, 0.2) is 0 Å². The second kappa shape index (κ2) is 7.13. The zero-order chi connectivity index (χ0) is 13.5. The van der Waals surface area contributed by atoms with Crippen molar-refractivity contribution in [3.8, 4) is 0 Å². The number of rotatable bonds is 7. The first kappa shape index (κ1) is 14.7. The zero-order valence-corrected chi connectivity index (χ0v) is 11.8. The molecule has 0 spiro atoms. The lowest BCUT2D eigenvalue weighted by Gasteiger charge is -2.13. The summed E-state index contributed by atoms with van der Waals surface area (Å²) in [6.45, 7) is 8.44. The Hall–Kier alpha value is -1.39. The predicted molar refractivity (Wildman–Crippen MR) is 71.4 cm³/mol. The highest BCUT2D eigenvalue weighted by Crippen LogP contribution is 2.06. The number of carbonyl (C=O) groups is 1. The van der Waals surface area contributed by atoms with Crippen molar-refractivity contribution >= 4 is 5.91 Å². The number of hydrogen-bond donors (Lipinski definition) is 2. The minimum Gasteiger partial charge on any atom is -0.347 e. The van der Waals surface area contributed by atoms with E-state index in [0.29, 0.717) is 5.92 Å². The minimum atomic E-state index is -0.190. The zero-order valence-electron chi connectivity index (χ0n) is 11.8. The number of hydrogen-bond acceptors (Lipinski definition) is 3. The molecule has 0 radical (unpaired) electrons. The number of nitrogens with zero attached hydrogens (tertiary/aromatic N) is 2. The highest BCUT2D eigenvalue weighted by atomic mass is 16.2. The van der Waals surface area contributed by atoms with Crippen LogP contribution >= 0.6 is 0 Å². The summed E-state index contributed by atoms with van der Waals surface area (Å²) in [7, 11) is 0. The second-order valence-electron chi connectivity index (χ2n) is 5.20. The largest absolute Gasteiger partial charge is 0.347 e. The van der Waals surface area contributed by atoms with Gasteiger partial charge in [0, 0.05) is 12.5 Å². The molecule has 1 rings (SSSR count). The first-order valence-electron chi connectivity index (χ1n) is 6.75. The number of carbonyl (C=O) groups excluding carboxylic acids is 1. The maximum Gasteiger partial charge on any atom is 0.291 e. The molecule has 0 aliphatic carbocycles. The molecule has 18 heavy (non-hydrogen) atoms. The number of aryl methyl sites for hydroxylation is 1. The van der Waals surface area contributed by atoms with Gasteiger partial charge in [-0.3, -0.25) is 9.89 Å². The molecule has 0 bridgehead atoms. The van der Waals surface area contributed by atoms with E-state index in [1.54, 1.807) is 0 Å². The van der Waals surface area contributed by atoms with Gasteiger partial charge in [-0.25, -0.2) is 4.98 Å². The summed E-state index contributed by atoms with van der Waals surface area (Å²) in [6.07, 6.45) is 3.90. The van der Waals surface area contributed by atoms with E-state index < -0.39 is 0 Å². The summed E-state index contributed by atoms with van der Waals surface area (Å²) >= 11 is 0. The number of amides is 1. The quantitative estimate of drug-likeness (QED) is 0.782. The summed E-state index contributed by atoms with van der Waals surface area (Å²) in [5, 5.41) is 9.65. The van der Waals surface area contributed by atoms with Crippen molar-refractivity contribution in [2.75, 3.05) is 0 Å². The van der Waals surface area contributed by atoms with Crippen molar-refractivity contribution in [1.29, 1.82) is 0 Å². The molecule has 2 N–H and O–H groups in total. The molecule has 0 saturated heterocycles. The third kappa shape index (κ3) is 4.85. The van der Waals surface area contributed by atoms with E-state index in [9.17, 15) is 4.79 Å². The van der Waals surface area contributed by atoms with Gasteiger partial charge in [0.25, 0.3) is 5.91 Å². The monoisotopic (exact) mass is 252 g/mol. The third-order valence-corrected chi connectivity index (χ3v) is 2.78. The highest BCUT2D eigenvalue weighted by Gasteiger charge is 2.14. The molecular formula is C13H24N4O. The van der Waals surface area contributed by atoms with Gasteiger partial charge >= 0.3 is 0 Å². The molecule has 1 atom stereocenters. The van der Waals surface area contributed by atoms with E-state index in [1.807, 2.05) is 6.92 Å². The molecule has 102 valence electrons. The van der Waals surface area contributed by atoms with Crippen molar-refractivity contribution < 1.29 is 4.79 Å². The van der Waals surface area contributed by atoms with Crippen LogP contribution in [0, 0.1) is 5.92 Å². The Kier molecular flexibility index (Phi) is 5.82. The van der Waals surface area contributed by atoms with Crippen LogP contribution in [-0.4, -0.2) is 27.1 Å². The first-order chi connectivity index (χ1) is 8.52. The summed E-state index contributed by atoms with van der Waals surface area (Å²) in [6, 6.07) is 0.160. The van der Waals surface area contributed by atoms with Gasteiger partial charge in [-0.15, -0.1) is 5.10 Å². The van der Waals surface area contributed by atoms with Crippen LogP contribution in [0.2, 0.25) is 0 Å². The van der Waals surface area contributed by atoms with E-state index in [4.69, 9.17) is 0 Å². The number of aromatic nitrogens is 3. The Morgan fingerprint density at radius 3 is 2.67 bits per heavy atom. The fourth-order valence-corrected chi connectivity index (χ4v) is 1.69. The van der Waals surface area contributed by atoms with Crippen LogP contribution in [0.1, 0.15) is 63.4 Å². The predicted octanol–water partition coefficient (Wildman–Crippen LogP) is 2.31. The number of nitrogens with one attached hydrogen (secondary N) is 2. The van der Waals surface area contributed by atoms with Gasteiger partial charge in [-0.1, -0.05) is 20.8 Å². The molecule has 0 aliphatic rings. The average Bonchev–Trinajstić information content (AvgIpc) is 2.75. The van der Waals surface area contributed by atoms with E-state index >= 15 is 0 Å². The molecule has 1 aromatic rings. The molecule has 0 aromatic carbocycles. The van der Waals surface area contributed by atoms with Crippen LogP contribution in [0.4, 0.5) is 0 Å². The maximum atomic E-state index is 11.9. The third-order valence-electron chi connectivity index (χ3n) is 2.78. The molecule has 0 fully saturated rings. The van der Waals surface area contributed by atoms with Crippen LogP contribution in [0.15, 0.2) is 0 Å². The Morgan fingerprint density at radius 1 is 1.33 bits per heavy atom. The molecule has 1 amide bonds. The number of H-pyrrole nitrogens is 1. The normalized spacial score (nSPS) is 12.7. The standard InChI is InChI=1S/C13H24N4O/c1-5-6-11-15-12(17-16-11)13(18)14-10(4)8-7-9(2)3/h9-10H,5-8H2,1-4H3,(H,14,18)(H,15,16,17). The van der Waals surface area contributed by atoms with Gasteiger partial charge < -0.3 is 5.32 Å². The van der Waals surface area contributed by atoms with Gasteiger partial charge in [-0.05, 0) is 32.1 Å². The summed E-state index contributed by atoms with van der Waals surface area (Å²) in [5.74, 6) is 1.49. The molecule has 5 heteroatoms. The Labute approximate surface area is 109 Å². The van der Waals surface area contributed by atoms with Crippen molar-refractivity contribution in [2.45, 2.75) is 59.4 Å². The van der Waals surface area contributed by atoms with Gasteiger partial charge in [0.05, 0.1) is 0 Å². The Bertz CT molecular complexity index is 373. The van der Waals surface area contributed by atoms with Gasteiger partial charge in [-0.2, -0.15) is 0 Å². The smallest absolute Gasteiger partial charge is 0.291 e. The van der Waals surface area contributed by atoms with E-state index in [-0.39, 0.29) is 17.8 Å². The molecule has 1 unspecified atom stereocenters. The van der Waals surface area contributed by atoms with Crippen LogP contribution in [0.5, 0.6) is 0 Å². The van der Waals surface area contributed by atoms with E-state index in [2.05, 4.69) is 41.3 Å². The van der Waals surface area contributed by atoms with Crippen LogP contribution in [-0.2, 0) is 6.42 Å². The Balaban J connectivity index is 2.43. The van der Waals surface area contributed by atoms with Crippen molar-refractivity contribution in [2.24, 2.45) is 5.92 Å². The lowest BCUT2D eigenvalue weighted by molar-refractivity contribution is 0.0927. The summed E-state index contributed by atoms with van der Waals surface area (Å²) < 4.78 is 0. The second-order valence-corrected chi connectivity index (χ2v) is 5.20. The first-order valence-corrected chi connectivity index (χ1v) is 6.75. The van der Waals surface area contributed by atoms with Crippen LogP contribution in [0.3, 0.4) is 0 Å². The van der Waals surface area contributed by atoms with E-state index in [1.165, 1.54) is 0 Å². The Morgan fingerprint density at radius 2 is 2.06 bits per heavy atom. The van der Waals surface area contributed by atoms with E-state index in [0.717, 1.165) is 31.5 Å². The summed E-state index contributed by atoms with van der Waals surface area (Å²) in [5.41, 5.74) is 0. The highest BCUT2D eigenvalue weighted by molar-refractivity contribution is 5.90. The molecule has 5 nitrogen and oxygen atoms in total. The van der Waals surface area contributed by atoms with Crippen molar-refractivity contribution in [3.63, 3.8) is 0 Å². The van der Waals surface area contributed by atoms with Crippen LogP contribution < -0.4 is 5.32 Å².